The van der Waals surface area contributed by atoms with E-state index in [0.29, 0.717) is 5.95 Å². The van der Waals surface area contributed by atoms with Crippen LogP contribution in [0.4, 0.5) is 17.5 Å². The second-order valence-corrected chi connectivity index (χ2v) is 6.76. The maximum absolute atomic E-state index is 5.72. The van der Waals surface area contributed by atoms with Crippen LogP contribution in [0.15, 0.2) is 42.5 Å². The van der Waals surface area contributed by atoms with Gasteiger partial charge in [-0.3, -0.25) is 0 Å². The summed E-state index contributed by atoms with van der Waals surface area (Å²) in [5.74, 6) is 2.10. The number of hydrogen-bond donors (Lipinski definition) is 2. The number of fused-ring (bicyclic) bond motifs is 1. The molecule has 1 unspecified atom stereocenters. The summed E-state index contributed by atoms with van der Waals surface area (Å²) < 4.78 is 11.2. The number of methoxy groups -OCH3 is 1. The van der Waals surface area contributed by atoms with Gasteiger partial charge in [-0.25, -0.2) is 4.98 Å². The second-order valence-electron chi connectivity index (χ2n) is 6.76. The molecule has 1 aliphatic rings. The highest BCUT2D eigenvalue weighted by molar-refractivity contribution is 5.90. The van der Waals surface area contributed by atoms with Gasteiger partial charge in [0.25, 0.3) is 0 Å². The summed E-state index contributed by atoms with van der Waals surface area (Å²) in [5.41, 5.74) is 2.87. The summed E-state index contributed by atoms with van der Waals surface area (Å²) in [7, 11) is 1.66. The summed E-state index contributed by atoms with van der Waals surface area (Å²) in [5, 5.41) is 7.75. The number of para-hydroxylation sites is 1. The number of rotatable bonds is 6. The molecule has 1 saturated heterocycles. The van der Waals surface area contributed by atoms with Gasteiger partial charge >= 0.3 is 0 Å². The molecule has 6 heteroatoms. The fourth-order valence-electron chi connectivity index (χ4n) is 3.32. The molecule has 0 radical (unpaired) electrons. The van der Waals surface area contributed by atoms with Crippen LogP contribution in [-0.4, -0.2) is 36.3 Å². The van der Waals surface area contributed by atoms with Crippen molar-refractivity contribution in [3.63, 3.8) is 0 Å². The minimum atomic E-state index is 0.243. The van der Waals surface area contributed by atoms with E-state index in [9.17, 15) is 0 Å². The predicted octanol–water partition coefficient (Wildman–Crippen LogP) is 4.28. The van der Waals surface area contributed by atoms with Gasteiger partial charge in [0.15, 0.2) is 0 Å². The molecule has 4 rings (SSSR count). The molecule has 1 aromatic heterocycles. The molecule has 0 spiro atoms. The van der Waals surface area contributed by atoms with E-state index in [2.05, 4.69) is 15.6 Å². The molecule has 1 atom stereocenters. The summed E-state index contributed by atoms with van der Waals surface area (Å²) in [6.45, 7) is 3.63. The van der Waals surface area contributed by atoms with E-state index in [4.69, 9.17) is 14.5 Å². The van der Waals surface area contributed by atoms with Crippen LogP contribution in [0.1, 0.15) is 18.4 Å². The average molecular weight is 364 g/mol. The Morgan fingerprint density at radius 2 is 2.07 bits per heavy atom. The van der Waals surface area contributed by atoms with Gasteiger partial charge in [0.2, 0.25) is 5.95 Å². The zero-order valence-corrected chi connectivity index (χ0v) is 15.7. The maximum atomic E-state index is 5.72. The molecule has 27 heavy (non-hydrogen) atoms. The smallest absolute Gasteiger partial charge is 0.229 e. The van der Waals surface area contributed by atoms with Crippen molar-refractivity contribution in [2.75, 3.05) is 30.9 Å². The van der Waals surface area contributed by atoms with Crippen molar-refractivity contribution in [2.45, 2.75) is 25.9 Å². The SMILES string of the molecule is COc1ccc(C)cc1Nc1nc(NCC2CCCO2)c2ccccc2n1. The Morgan fingerprint density at radius 3 is 2.89 bits per heavy atom. The molecule has 2 N–H and O–H groups in total. The number of aryl methyl sites for hydroxylation is 1. The van der Waals surface area contributed by atoms with Gasteiger partial charge in [0, 0.05) is 18.5 Å². The average Bonchev–Trinajstić information content (AvgIpc) is 3.20. The first kappa shape index (κ1) is 17.5. The molecule has 1 aliphatic heterocycles. The zero-order valence-electron chi connectivity index (χ0n) is 15.7. The summed E-state index contributed by atoms with van der Waals surface area (Å²) >= 11 is 0. The lowest BCUT2D eigenvalue weighted by Crippen LogP contribution is -2.19. The number of anilines is 3. The number of nitrogens with one attached hydrogen (secondary N) is 2. The van der Waals surface area contributed by atoms with E-state index in [-0.39, 0.29) is 6.10 Å². The van der Waals surface area contributed by atoms with E-state index >= 15 is 0 Å². The summed E-state index contributed by atoms with van der Waals surface area (Å²) in [4.78, 5) is 9.38. The van der Waals surface area contributed by atoms with Crippen molar-refractivity contribution in [2.24, 2.45) is 0 Å². The largest absolute Gasteiger partial charge is 0.495 e. The van der Waals surface area contributed by atoms with Gasteiger partial charge in [-0.15, -0.1) is 0 Å². The van der Waals surface area contributed by atoms with Gasteiger partial charge in [-0.05, 0) is 49.6 Å². The monoisotopic (exact) mass is 364 g/mol. The van der Waals surface area contributed by atoms with Crippen LogP contribution in [0.2, 0.25) is 0 Å². The fourth-order valence-corrected chi connectivity index (χ4v) is 3.32. The van der Waals surface area contributed by atoms with Gasteiger partial charge in [-0.1, -0.05) is 18.2 Å². The number of nitrogens with zero attached hydrogens (tertiary/aromatic N) is 2. The lowest BCUT2D eigenvalue weighted by molar-refractivity contribution is 0.120. The van der Waals surface area contributed by atoms with Crippen LogP contribution >= 0.6 is 0 Å². The first-order valence-electron chi connectivity index (χ1n) is 9.27. The normalized spacial score (nSPS) is 16.4. The Morgan fingerprint density at radius 1 is 1.19 bits per heavy atom. The van der Waals surface area contributed by atoms with E-state index in [1.165, 1.54) is 0 Å². The van der Waals surface area contributed by atoms with Crippen LogP contribution in [0.5, 0.6) is 5.75 Å². The third kappa shape index (κ3) is 3.95. The fraction of sp³-hybridized carbons (Fsp3) is 0.333. The Kier molecular flexibility index (Phi) is 5.07. The molecule has 3 aromatic rings. The maximum Gasteiger partial charge on any atom is 0.229 e. The van der Waals surface area contributed by atoms with Crippen molar-refractivity contribution in [3.8, 4) is 5.75 Å². The standard InChI is InChI=1S/C21H24N4O2/c1-14-9-10-19(26-2)18(12-14)24-21-23-17-8-4-3-7-16(17)20(25-21)22-13-15-6-5-11-27-15/h3-4,7-10,12,15H,5-6,11,13H2,1-2H3,(H2,22,23,24,25). The van der Waals surface area contributed by atoms with E-state index in [1.54, 1.807) is 7.11 Å². The molecule has 0 aliphatic carbocycles. The van der Waals surface area contributed by atoms with Crippen molar-refractivity contribution < 1.29 is 9.47 Å². The Balaban J connectivity index is 1.65. The third-order valence-corrected chi connectivity index (χ3v) is 4.73. The molecular weight excluding hydrogens is 340 g/mol. The molecular formula is C21H24N4O2. The quantitative estimate of drug-likeness (QED) is 0.680. The molecule has 6 nitrogen and oxygen atoms in total. The van der Waals surface area contributed by atoms with Crippen LogP contribution in [0.25, 0.3) is 10.9 Å². The third-order valence-electron chi connectivity index (χ3n) is 4.73. The van der Waals surface area contributed by atoms with Crippen molar-refractivity contribution in [3.05, 3.63) is 48.0 Å². The highest BCUT2D eigenvalue weighted by Gasteiger charge is 2.16. The second kappa shape index (κ2) is 7.80. The lowest BCUT2D eigenvalue weighted by atomic mass is 10.2. The zero-order chi connectivity index (χ0) is 18.6. The molecule has 0 amide bonds. The first-order chi connectivity index (χ1) is 13.2. The van der Waals surface area contributed by atoms with Gasteiger partial charge < -0.3 is 20.1 Å². The van der Waals surface area contributed by atoms with Crippen molar-refractivity contribution in [1.82, 2.24) is 9.97 Å². The topological polar surface area (TPSA) is 68.3 Å². The van der Waals surface area contributed by atoms with Crippen LogP contribution in [0.3, 0.4) is 0 Å². The van der Waals surface area contributed by atoms with Crippen LogP contribution < -0.4 is 15.4 Å². The lowest BCUT2D eigenvalue weighted by Gasteiger charge is -2.15. The summed E-state index contributed by atoms with van der Waals surface area (Å²) in [6.07, 6.45) is 2.45. The Hall–Kier alpha value is -2.86. The Labute approximate surface area is 158 Å². The number of benzene rings is 2. The van der Waals surface area contributed by atoms with Gasteiger partial charge in [-0.2, -0.15) is 4.98 Å². The highest BCUT2D eigenvalue weighted by Crippen LogP contribution is 2.29. The van der Waals surface area contributed by atoms with Crippen molar-refractivity contribution >= 4 is 28.4 Å². The van der Waals surface area contributed by atoms with E-state index < -0.39 is 0 Å². The molecule has 2 heterocycles. The van der Waals surface area contributed by atoms with E-state index in [0.717, 1.165) is 59.7 Å². The number of ether oxygens (including phenoxy) is 2. The van der Waals surface area contributed by atoms with Gasteiger partial charge in [0.1, 0.15) is 11.6 Å². The number of hydrogen-bond acceptors (Lipinski definition) is 6. The molecule has 0 bridgehead atoms. The minimum absolute atomic E-state index is 0.243. The number of aromatic nitrogens is 2. The van der Waals surface area contributed by atoms with Gasteiger partial charge in [0.05, 0.1) is 24.4 Å². The first-order valence-corrected chi connectivity index (χ1v) is 9.27. The van der Waals surface area contributed by atoms with Crippen LogP contribution in [0, 0.1) is 6.92 Å². The van der Waals surface area contributed by atoms with E-state index in [1.807, 2.05) is 49.4 Å². The molecule has 0 saturated carbocycles. The Bertz CT molecular complexity index is 939. The minimum Gasteiger partial charge on any atom is -0.495 e. The molecule has 2 aromatic carbocycles. The molecule has 140 valence electrons. The highest BCUT2D eigenvalue weighted by atomic mass is 16.5. The molecule has 1 fully saturated rings. The van der Waals surface area contributed by atoms with Crippen LogP contribution in [-0.2, 0) is 4.74 Å². The predicted molar refractivity (Wildman–Crippen MR) is 108 cm³/mol. The summed E-state index contributed by atoms with van der Waals surface area (Å²) in [6, 6.07) is 14.0. The van der Waals surface area contributed by atoms with Crippen molar-refractivity contribution in [1.29, 1.82) is 0 Å².